The second kappa shape index (κ2) is 3.22. The molecule has 76 valence electrons. The van der Waals surface area contributed by atoms with Gasteiger partial charge in [0.2, 0.25) is 0 Å². The van der Waals surface area contributed by atoms with Crippen molar-refractivity contribution in [2.75, 3.05) is 0 Å². The van der Waals surface area contributed by atoms with Gasteiger partial charge in [-0.3, -0.25) is 4.57 Å². The molecule has 0 radical (unpaired) electrons. The fourth-order valence-corrected chi connectivity index (χ4v) is 2.43. The minimum absolute atomic E-state index is 0.250. The Hall–Kier alpha value is -1.06. The number of hydrogen-bond donors (Lipinski definition) is 0. The Kier molecular flexibility index (Phi) is 1.97. The van der Waals surface area contributed by atoms with Crippen LogP contribution in [0.2, 0.25) is 0 Å². The number of alkyl halides is 2. The largest absolute Gasteiger partial charge is 0.284 e. The molecule has 2 heterocycles. The molecule has 0 saturated heterocycles. The summed E-state index contributed by atoms with van der Waals surface area (Å²) in [5.41, 5.74) is 2.03. The van der Waals surface area contributed by atoms with E-state index in [9.17, 15) is 0 Å². The zero-order chi connectivity index (χ0) is 10.4. The average Bonchev–Trinajstić information content (AvgIpc) is 2.75. The minimum atomic E-state index is -0.330. The predicted molar refractivity (Wildman–Crippen MR) is 58.5 cm³/mol. The Bertz CT molecular complexity index is 509. The summed E-state index contributed by atoms with van der Waals surface area (Å²) < 4.78 is 1.88. The molecule has 0 bridgehead atoms. The van der Waals surface area contributed by atoms with E-state index in [2.05, 4.69) is 10.2 Å². The molecule has 3 nitrogen and oxygen atoms in total. The van der Waals surface area contributed by atoms with E-state index in [1.807, 2.05) is 28.8 Å². The molecule has 1 aliphatic heterocycles. The lowest BCUT2D eigenvalue weighted by molar-refractivity contribution is 0.730. The van der Waals surface area contributed by atoms with Gasteiger partial charge in [0, 0.05) is 0 Å². The van der Waals surface area contributed by atoms with Gasteiger partial charge in [-0.15, -0.1) is 33.4 Å². The maximum absolute atomic E-state index is 6.27. The van der Waals surface area contributed by atoms with Gasteiger partial charge in [-0.2, -0.15) is 0 Å². The molecular formula is C10H7Cl2N3. The lowest BCUT2D eigenvalue weighted by Crippen LogP contribution is -2.16. The van der Waals surface area contributed by atoms with E-state index in [1.165, 1.54) is 0 Å². The maximum Gasteiger partial charge on any atom is 0.157 e. The Morgan fingerprint density at radius 1 is 1.13 bits per heavy atom. The van der Waals surface area contributed by atoms with Gasteiger partial charge in [0.05, 0.1) is 11.1 Å². The second-order valence-electron chi connectivity index (χ2n) is 3.42. The Balaban J connectivity index is 2.32. The third-order valence-electron chi connectivity index (χ3n) is 2.57. The molecule has 3 rings (SSSR count). The first kappa shape index (κ1) is 9.19. The number of hydrogen-bond acceptors (Lipinski definition) is 2. The Labute approximate surface area is 96.6 Å². The highest BCUT2D eigenvalue weighted by Gasteiger charge is 2.32. The van der Waals surface area contributed by atoms with Gasteiger partial charge in [-0.1, -0.05) is 18.2 Å². The van der Waals surface area contributed by atoms with Gasteiger partial charge < -0.3 is 0 Å². The van der Waals surface area contributed by atoms with E-state index in [1.54, 1.807) is 6.33 Å². The third-order valence-corrected chi connectivity index (χ3v) is 3.63. The van der Waals surface area contributed by atoms with Gasteiger partial charge in [-0.05, 0) is 11.6 Å². The van der Waals surface area contributed by atoms with E-state index < -0.39 is 0 Å². The summed E-state index contributed by atoms with van der Waals surface area (Å²) in [6.07, 6.45) is 1.66. The van der Waals surface area contributed by atoms with E-state index in [0.717, 1.165) is 11.3 Å². The SMILES string of the molecule is ClC1c2ccccc2-n2cnnc2C1Cl. The van der Waals surface area contributed by atoms with Crippen LogP contribution in [0.15, 0.2) is 30.6 Å². The number of nitrogens with zero attached hydrogens (tertiary/aromatic N) is 3. The molecule has 1 aromatic heterocycles. The van der Waals surface area contributed by atoms with Crippen LogP contribution in [0, 0.1) is 0 Å². The molecular weight excluding hydrogens is 233 g/mol. The first-order valence-electron chi connectivity index (χ1n) is 4.56. The highest BCUT2D eigenvalue weighted by Crippen LogP contribution is 2.45. The Morgan fingerprint density at radius 3 is 2.80 bits per heavy atom. The van der Waals surface area contributed by atoms with Crippen molar-refractivity contribution in [3.8, 4) is 5.69 Å². The van der Waals surface area contributed by atoms with Gasteiger partial charge >= 0.3 is 0 Å². The van der Waals surface area contributed by atoms with E-state index in [0.29, 0.717) is 5.82 Å². The Morgan fingerprint density at radius 2 is 1.93 bits per heavy atom. The fraction of sp³-hybridized carbons (Fsp3) is 0.200. The number of rotatable bonds is 0. The lowest BCUT2D eigenvalue weighted by Gasteiger charge is -2.25. The predicted octanol–water partition coefficient (Wildman–Crippen LogP) is 2.84. The van der Waals surface area contributed by atoms with Crippen molar-refractivity contribution >= 4 is 23.2 Å². The van der Waals surface area contributed by atoms with Crippen molar-refractivity contribution in [1.82, 2.24) is 14.8 Å². The van der Waals surface area contributed by atoms with Crippen LogP contribution in [-0.4, -0.2) is 14.8 Å². The standard InChI is InChI=1S/C10H7Cl2N3/c11-8-6-3-1-2-4-7(6)15-5-13-14-10(15)9(8)12/h1-5,8-9H. The highest BCUT2D eigenvalue weighted by molar-refractivity contribution is 6.30. The first-order valence-corrected chi connectivity index (χ1v) is 5.43. The molecule has 0 N–H and O–H groups in total. The van der Waals surface area contributed by atoms with Gasteiger partial charge in [0.25, 0.3) is 0 Å². The minimum Gasteiger partial charge on any atom is -0.284 e. The van der Waals surface area contributed by atoms with Crippen LogP contribution >= 0.6 is 23.2 Å². The molecule has 1 aromatic carbocycles. The summed E-state index contributed by atoms with van der Waals surface area (Å²) in [6, 6.07) is 7.87. The van der Waals surface area contributed by atoms with Gasteiger partial charge in [0.15, 0.2) is 5.82 Å². The first-order chi connectivity index (χ1) is 7.29. The van der Waals surface area contributed by atoms with E-state index >= 15 is 0 Å². The van der Waals surface area contributed by atoms with Gasteiger partial charge in [-0.25, -0.2) is 0 Å². The summed E-state index contributed by atoms with van der Waals surface area (Å²) in [4.78, 5) is 0. The van der Waals surface area contributed by atoms with Crippen molar-refractivity contribution in [3.63, 3.8) is 0 Å². The number of halogens is 2. The molecule has 2 aromatic rings. The van der Waals surface area contributed by atoms with Gasteiger partial charge in [0.1, 0.15) is 11.7 Å². The van der Waals surface area contributed by atoms with Crippen molar-refractivity contribution < 1.29 is 0 Å². The van der Waals surface area contributed by atoms with Crippen molar-refractivity contribution in [2.45, 2.75) is 10.8 Å². The van der Waals surface area contributed by atoms with Crippen LogP contribution in [0.3, 0.4) is 0 Å². The summed E-state index contributed by atoms with van der Waals surface area (Å²) in [6.45, 7) is 0. The average molecular weight is 240 g/mol. The molecule has 1 aliphatic rings. The fourth-order valence-electron chi connectivity index (χ4n) is 1.85. The number of fused-ring (bicyclic) bond motifs is 3. The molecule has 15 heavy (non-hydrogen) atoms. The quantitative estimate of drug-likeness (QED) is 0.663. The summed E-state index contributed by atoms with van der Waals surface area (Å²) >= 11 is 12.5. The van der Waals surface area contributed by atoms with Crippen LogP contribution in [0.25, 0.3) is 5.69 Å². The maximum atomic E-state index is 6.27. The van der Waals surface area contributed by atoms with Crippen LogP contribution in [0.1, 0.15) is 22.1 Å². The third kappa shape index (κ3) is 1.20. The zero-order valence-electron chi connectivity index (χ0n) is 7.64. The molecule has 5 heteroatoms. The van der Waals surface area contributed by atoms with E-state index in [4.69, 9.17) is 23.2 Å². The summed E-state index contributed by atoms with van der Waals surface area (Å²) in [5, 5.41) is 7.26. The lowest BCUT2D eigenvalue weighted by atomic mass is 10.0. The molecule has 0 saturated carbocycles. The highest BCUT2D eigenvalue weighted by atomic mass is 35.5. The number of para-hydroxylation sites is 1. The normalized spacial score (nSPS) is 23.3. The monoisotopic (exact) mass is 239 g/mol. The topological polar surface area (TPSA) is 30.7 Å². The van der Waals surface area contributed by atoms with Crippen LogP contribution in [0.4, 0.5) is 0 Å². The van der Waals surface area contributed by atoms with Crippen molar-refractivity contribution in [2.24, 2.45) is 0 Å². The molecule has 0 spiro atoms. The second-order valence-corrected chi connectivity index (χ2v) is 4.36. The molecule has 2 unspecified atom stereocenters. The summed E-state index contributed by atoms with van der Waals surface area (Å²) in [7, 11) is 0. The van der Waals surface area contributed by atoms with Crippen LogP contribution in [-0.2, 0) is 0 Å². The molecule has 0 aliphatic carbocycles. The molecule has 0 amide bonds. The molecule has 2 atom stereocenters. The molecule has 0 fully saturated rings. The summed E-state index contributed by atoms with van der Waals surface area (Å²) in [5.74, 6) is 0.704. The number of aromatic nitrogens is 3. The van der Waals surface area contributed by atoms with Crippen molar-refractivity contribution in [1.29, 1.82) is 0 Å². The smallest absolute Gasteiger partial charge is 0.157 e. The zero-order valence-corrected chi connectivity index (χ0v) is 9.15. The number of benzene rings is 1. The van der Waals surface area contributed by atoms with Crippen LogP contribution in [0.5, 0.6) is 0 Å². The van der Waals surface area contributed by atoms with Crippen LogP contribution < -0.4 is 0 Å². The van der Waals surface area contributed by atoms with E-state index in [-0.39, 0.29) is 10.8 Å². The van der Waals surface area contributed by atoms with Crippen molar-refractivity contribution in [3.05, 3.63) is 42.0 Å².